The van der Waals surface area contributed by atoms with Crippen molar-refractivity contribution in [2.24, 2.45) is 10.8 Å². The van der Waals surface area contributed by atoms with Crippen molar-refractivity contribution in [1.82, 2.24) is 5.43 Å². The molecule has 0 bridgehead atoms. The molecule has 2 aromatic rings. The van der Waals surface area contributed by atoms with Crippen LogP contribution in [0.3, 0.4) is 0 Å². The van der Waals surface area contributed by atoms with Gasteiger partial charge in [0.2, 0.25) is 0 Å². The molecule has 1 aromatic heterocycles. The predicted octanol–water partition coefficient (Wildman–Crippen LogP) is 1.76. The van der Waals surface area contributed by atoms with Crippen molar-refractivity contribution >= 4 is 46.2 Å². The van der Waals surface area contributed by atoms with Crippen LogP contribution in [0.25, 0.3) is 0 Å². The van der Waals surface area contributed by atoms with Crippen LogP contribution in [-0.4, -0.2) is 43.1 Å². The Morgan fingerprint density at radius 1 is 1.18 bits per heavy atom. The number of rotatable bonds is 8. The third-order valence-electron chi connectivity index (χ3n) is 4.70. The first-order valence-electron chi connectivity index (χ1n) is 10.4. The average Bonchev–Trinajstić information content (AvgIpc) is 3.16. The number of nitrogens with one attached hydrogen (secondary N) is 2. The van der Waals surface area contributed by atoms with Crippen LogP contribution >= 0.6 is 11.3 Å². The average molecular weight is 473 g/mol. The van der Waals surface area contributed by atoms with Crippen molar-refractivity contribution in [3.63, 3.8) is 0 Å². The van der Waals surface area contributed by atoms with Crippen LogP contribution in [0.15, 0.2) is 29.4 Å². The number of thiophene rings is 1. The molecule has 3 rings (SSSR count). The maximum absolute atomic E-state index is 12.5. The van der Waals surface area contributed by atoms with Crippen LogP contribution in [-0.2, 0) is 32.0 Å². The van der Waals surface area contributed by atoms with E-state index in [-0.39, 0.29) is 13.2 Å². The van der Waals surface area contributed by atoms with Gasteiger partial charge in [-0.25, -0.2) is 10.2 Å². The third-order valence-corrected chi connectivity index (χ3v) is 5.91. The monoisotopic (exact) mass is 472 g/mol. The lowest BCUT2D eigenvalue weighted by Gasteiger charge is -2.12. The van der Waals surface area contributed by atoms with Crippen LogP contribution < -0.4 is 21.2 Å². The minimum Gasteiger partial charge on any atom is -0.484 e. The minimum absolute atomic E-state index is 0.209. The number of primary amides is 1. The molecule has 10 nitrogen and oxygen atoms in total. The zero-order valence-electron chi connectivity index (χ0n) is 18.0. The molecule has 0 spiro atoms. The van der Waals surface area contributed by atoms with E-state index in [1.807, 2.05) is 0 Å². The van der Waals surface area contributed by atoms with Crippen LogP contribution in [0.2, 0.25) is 0 Å². The molecule has 1 aliphatic carbocycles. The fourth-order valence-electron chi connectivity index (χ4n) is 3.29. The lowest BCUT2D eigenvalue weighted by molar-refractivity contribution is -0.136. The van der Waals surface area contributed by atoms with Crippen LogP contribution in [0.1, 0.15) is 46.1 Å². The van der Waals surface area contributed by atoms with Gasteiger partial charge in [0.1, 0.15) is 10.8 Å². The molecule has 0 saturated carbocycles. The molecular formula is C22H24N4O6S. The molecule has 1 aromatic carbocycles. The summed E-state index contributed by atoms with van der Waals surface area (Å²) in [5.41, 5.74) is 8.97. The number of hydrogen-bond acceptors (Lipinski definition) is 8. The highest BCUT2D eigenvalue weighted by Gasteiger charge is 2.28. The van der Waals surface area contributed by atoms with Gasteiger partial charge >= 0.3 is 17.8 Å². The number of anilines is 1. The van der Waals surface area contributed by atoms with Gasteiger partial charge in [-0.05, 0) is 55.9 Å². The molecule has 0 aliphatic heterocycles. The summed E-state index contributed by atoms with van der Waals surface area (Å²) in [5, 5.41) is 6.60. The Morgan fingerprint density at radius 2 is 1.97 bits per heavy atom. The van der Waals surface area contributed by atoms with Crippen molar-refractivity contribution in [3.8, 4) is 5.75 Å². The number of esters is 1. The van der Waals surface area contributed by atoms with Gasteiger partial charge in [0, 0.05) is 4.88 Å². The summed E-state index contributed by atoms with van der Waals surface area (Å²) < 4.78 is 10.3. The SMILES string of the molecule is CCOC(=O)c1c(NC(=O)C(=O)N/N=C/c2cccc(OCC(N)=O)c2)sc2c1CCCC2. The zero-order chi connectivity index (χ0) is 23.8. The zero-order valence-corrected chi connectivity index (χ0v) is 18.8. The van der Waals surface area contributed by atoms with E-state index >= 15 is 0 Å². The van der Waals surface area contributed by atoms with Gasteiger partial charge in [-0.2, -0.15) is 5.10 Å². The summed E-state index contributed by atoms with van der Waals surface area (Å²) in [6.07, 6.45) is 4.83. The van der Waals surface area contributed by atoms with E-state index in [2.05, 4.69) is 15.8 Å². The van der Waals surface area contributed by atoms with E-state index in [1.54, 1.807) is 31.2 Å². The summed E-state index contributed by atoms with van der Waals surface area (Å²) >= 11 is 1.29. The Labute approximate surface area is 194 Å². The third kappa shape index (κ3) is 6.39. The predicted molar refractivity (Wildman–Crippen MR) is 122 cm³/mol. The summed E-state index contributed by atoms with van der Waals surface area (Å²) in [7, 11) is 0. The number of aryl methyl sites for hydroxylation is 1. The minimum atomic E-state index is -0.992. The number of nitrogens with two attached hydrogens (primary N) is 1. The van der Waals surface area contributed by atoms with Crippen molar-refractivity contribution in [2.75, 3.05) is 18.5 Å². The number of hydrazone groups is 1. The van der Waals surface area contributed by atoms with Crippen molar-refractivity contribution < 1.29 is 28.7 Å². The number of hydrogen-bond donors (Lipinski definition) is 3. The molecule has 0 saturated heterocycles. The number of nitrogens with zero attached hydrogens (tertiary/aromatic N) is 1. The molecule has 11 heteroatoms. The molecule has 174 valence electrons. The highest BCUT2D eigenvalue weighted by atomic mass is 32.1. The second kappa shape index (κ2) is 11.2. The second-order valence-electron chi connectivity index (χ2n) is 7.12. The maximum atomic E-state index is 12.5. The van der Waals surface area contributed by atoms with Crippen molar-refractivity contribution in [1.29, 1.82) is 0 Å². The number of ether oxygens (including phenoxy) is 2. The second-order valence-corrected chi connectivity index (χ2v) is 8.22. The van der Waals surface area contributed by atoms with Gasteiger partial charge in [-0.15, -0.1) is 11.3 Å². The molecule has 0 unspecified atom stereocenters. The molecular weight excluding hydrogens is 448 g/mol. The van der Waals surface area contributed by atoms with E-state index in [1.165, 1.54) is 17.6 Å². The van der Waals surface area contributed by atoms with Gasteiger partial charge in [0.05, 0.1) is 18.4 Å². The van der Waals surface area contributed by atoms with Gasteiger partial charge in [-0.1, -0.05) is 12.1 Å². The number of carbonyl (C=O) groups is 4. The first-order valence-corrected chi connectivity index (χ1v) is 11.2. The summed E-state index contributed by atoms with van der Waals surface area (Å²) in [6.45, 7) is 1.65. The van der Waals surface area contributed by atoms with E-state index < -0.39 is 23.7 Å². The lowest BCUT2D eigenvalue weighted by atomic mass is 9.95. The van der Waals surface area contributed by atoms with Gasteiger partial charge in [0.25, 0.3) is 5.91 Å². The maximum Gasteiger partial charge on any atom is 0.341 e. The molecule has 33 heavy (non-hydrogen) atoms. The Morgan fingerprint density at radius 3 is 2.73 bits per heavy atom. The number of amides is 3. The Balaban J connectivity index is 1.64. The molecule has 0 fully saturated rings. The molecule has 3 amide bonds. The van der Waals surface area contributed by atoms with E-state index in [0.29, 0.717) is 21.9 Å². The topological polar surface area (TPSA) is 149 Å². The molecule has 0 atom stereocenters. The number of fused-ring (bicyclic) bond motifs is 1. The van der Waals surface area contributed by atoms with Crippen molar-refractivity contribution in [3.05, 3.63) is 45.8 Å². The first kappa shape index (κ1) is 23.9. The lowest BCUT2D eigenvalue weighted by Crippen LogP contribution is -2.32. The number of carbonyl (C=O) groups excluding carboxylic acids is 4. The van der Waals surface area contributed by atoms with Crippen LogP contribution in [0, 0.1) is 0 Å². The molecule has 1 aliphatic rings. The Hall–Kier alpha value is -3.73. The van der Waals surface area contributed by atoms with Crippen LogP contribution in [0.4, 0.5) is 5.00 Å². The van der Waals surface area contributed by atoms with E-state index in [9.17, 15) is 19.2 Å². The standard InChI is InChI=1S/C22H24N4O6S/c1-2-31-22(30)18-15-8-3-4-9-16(15)33-21(18)25-19(28)20(29)26-24-11-13-6-5-7-14(10-13)32-12-17(23)27/h5-7,10-11H,2-4,8-9,12H2,1H3,(H2,23,27)(H,25,28)(H,26,29)/b24-11+. The molecule has 0 radical (unpaired) electrons. The quantitative estimate of drug-likeness (QED) is 0.231. The van der Waals surface area contributed by atoms with Crippen LogP contribution in [0.5, 0.6) is 5.75 Å². The normalized spacial score (nSPS) is 12.6. The van der Waals surface area contributed by atoms with Gasteiger partial charge in [0.15, 0.2) is 6.61 Å². The highest BCUT2D eigenvalue weighted by molar-refractivity contribution is 7.17. The van der Waals surface area contributed by atoms with E-state index in [0.717, 1.165) is 36.1 Å². The summed E-state index contributed by atoms with van der Waals surface area (Å²) in [4.78, 5) is 48.9. The smallest absolute Gasteiger partial charge is 0.341 e. The Bertz CT molecular complexity index is 1090. The molecule has 1 heterocycles. The van der Waals surface area contributed by atoms with E-state index in [4.69, 9.17) is 15.2 Å². The fraction of sp³-hybridized carbons (Fsp3) is 0.318. The summed E-state index contributed by atoms with van der Waals surface area (Å²) in [6, 6.07) is 6.57. The largest absolute Gasteiger partial charge is 0.484 e. The van der Waals surface area contributed by atoms with Crippen molar-refractivity contribution in [2.45, 2.75) is 32.6 Å². The molecule has 4 N–H and O–H groups in total. The van der Waals surface area contributed by atoms with Gasteiger partial charge < -0.3 is 20.5 Å². The number of benzene rings is 1. The highest BCUT2D eigenvalue weighted by Crippen LogP contribution is 2.38. The Kier molecular flexibility index (Phi) is 8.14. The fourth-order valence-corrected chi connectivity index (χ4v) is 4.56. The summed E-state index contributed by atoms with van der Waals surface area (Å²) in [5.74, 6) is -2.66. The first-order chi connectivity index (χ1) is 15.9. The van der Waals surface area contributed by atoms with Gasteiger partial charge in [-0.3, -0.25) is 14.4 Å².